The van der Waals surface area contributed by atoms with Gasteiger partial charge in [-0.2, -0.15) is 9.61 Å². The van der Waals surface area contributed by atoms with Gasteiger partial charge in [-0.25, -0.2) is 18.7 Å². The van der Waals surface area contributed by atoms with Crippen LogP contribution in [-0.4, -0.2) is 40.4 Å². The second kappa shape index (κ2) is 7.77. The summed E-state index contributed by atoms with van der Waals surface area (Å²) in [5, 5.41) is 27.5. The van der Waals surface area contributed by atoms with Crippen molar-refractivity contribution in [1.29, 1.82) is 0 Å². The molecule has 10 nitrogen and oxygen atoms in total. The number of aliphatic hydroxyl groups excluding tert-OH is 1. The van der Waals surface area contributed by atoms with Gasteiger partial charge in [0.1, 0.15) is 24.1 Å². The number of aromatic nitrogens is 5. The Bertz CT molecular complexity index is 1520. The van der Waals surface area contributed by atoms with Crippen LogP contribution in [0.15, 0.2) is 40.2 Å². The molecule has 5 rings (SSSR count). The minimum Gasteiger partial charge on any atom is -0.493 e. The van der Waals surface area contributed by atoms with Crippen LogP contribution in [-0.2, 0) is 6.73 Å². The van der Waals surface area contributed by atoms with Crippen LogP contribution in [0.1, 0.15) is 18.5 Å². The molecule has 1 aliphatic rings. The van der Waals surface area contributed by atoms with E-state index in [4.69, 9.17) is 11.6 Å². The molecule has 3 aromatic heterocycles. The lowest BCUT2D eigenvalue weighted by atomic mass is 10.3. The summed E-state index contributed by atoms with van der Waals surface area (Å²) in [5.41, 5.74) is 0.463. The molecule has 0 spiro atoms. The number of hydrogen-bond donors (Lipinski definition) is 4. The molecule has 0 amide bonds. The number of anilines is 2. The predicted octanol–water partition coefficient (Wildman–Crippen LogP) is 1.02. The Kier molecular flexibility index (Phi) is 4.91. The second-order valence-electron chi connectivity index (χ2n) is 7.33. The molecule has 3 heterocycles. The standard InChI is InChI=1S/C20H17ClFN7O3/c21-11-1-4-13(22)14(6-11)25-16-7-17(24-12-2-3-12)29-18(27-16)10(8-23-29)5-15-19(31)28(9-30)20(32)26-15/h1,4-8,12,25,30-31H,2-3,9H2,(H,26,32)/b10-5+,24-17?. The summed E-state index contributed by atoms with van der Waals surface area (Å²) in [6, 6.07) is 5.99. The maximum absolute atomic E-state index is 14.2. The van der Waals surface area contributed by atoms with Crippen molar-refractivity contribution < 1.29 is 14.6 Å². The number of nitrogens with zero attached hydrogens (tertiary/aromatic N) is 5. The number of fused-ring (bicyclic) bond motifs is 1. The SMILES string of the molecule is O=c1[nH]c(/C=c2\cnn3c(=NC4CC4)cc(Nc4cc(Cl)ccc4F)nc23)c(O)n1CO. The fourth-order valence-corrected chi connectivity index (χ4v) is 3.38. The van der Waals surface area contributed by atoms with Gasteiger partial charge in [-0.05, 0) is 37.1 Å². The van der Waals surface area contributed by atoms with Crippen LogP contribution in [0.3, 0.4) is 0 Å². The predicted molar refractivity (Wildman–Crippen MR) is 114 cm³/mol. The maximum Gasteiger partial charge on any atom is 0.330 e. The van der Waals surface area contributed by atoms with Crippen molar-refractivity contribution in [3.63, 3.8) is 0 Å². The zero-order chi connectivity index (χ0) is 22.4. The van der Waals surface area contributed by atoms with Gasteiger partial charge in [-0.3, -0.25) is 4.99 Å². The Morgan fingerprint density at radius 2 is 2.19 bits per heavy atom. The average Bonchev–Trinajstić information content (AvgIpc) is 3.42. The lowest BCUT2D eigenvalue weighted by molar-refractivity contribution is 0.192. The molecule has 4 N–H and O–H groups in total. The van der Waals surface area contributed by atoms with Crippen LogP contribution in [0.25, 0.3) is 11.7 Å². The van der Waals surface area contributed by atoms with Gasteiger partial charge >= 0.3 is 5.69 Å². The molecule has 0 aliphatic heterocycles. The number of aliphatic hydroxyl groups is 1. The van der Waals surface area contributed by atoms with E-state index in [1.807, 2.05) is 0 Å². The number of benzene rings is 1. The summed E-state index contributed by atoms with van der Waals surface area (Å²) in [5.74, 6) is -0.598. The summed E-state index contributed by atoms with van der Waals surface area (Å²) in [6.45, 7) is -0.675. The molecule has 0 saturated heterocycles. The molecule has 164 valence electrons. The van der Waals surface area contributed by atoms with E-state index in [2.05, 4.69) is 25.4 Å². The molecular formula is C20H17ClFN7O3. The van der Waals surface area contributed by atoms with Crippen LogP contribution >= 0.6 is 11.6 Å². The smallest absolute Gasteiger partial charge is 0.330 e. The van der Waals surface area contributed by atoms with Gasteiger partial charge < -0.3 is 20.5 Å². The van der Waals surface area contributed by atoms with Crippen molar-refractivity contribution in [2.75, 3.05) is 5.32 Å². The number of H-pyrrole nitrogens is 1. The zero-order valence-corrected chi connectivity index (χ0v) is 17.2. The third kappa shape index (κ3) is 3.72. The topological polar surface area (TPSA) is 133 Å². The number of aromatic hydroxyl groups is 1. The number of nitrogens with one attached hydrogen (secondary N) is 2. The fraction of sp³-hybridized carbons (Fsp3) is 0.200. The third-order valence-corrected chi connectivity index (χ3v) is 5.19. The molecule has 1 aromatic carbocycles. The van der Waals surface area contributed by atoms with Gasteiger partial charge in [0.15, 0.2) is 11.1 Å². The first-order valence-corrected chi connectivity index (χ1v) is 10.1. The molecule has 0 atom stereocenters. The van der Waals surface area contributed by atoms with Crippen molar-refractivity contribution in [1.82, 2.24) is 24.1 Å². The fourth-order valence-electron chi connectivity index (χ4n) is 3.21. The second-order valence-corrected chi connectivity index (χ2v) is 7.76. The van der Waals surface area contributed by atoms with Crippen LogP contribution in [0.5, 0.6) is 5.88 Å². The summed E-state index contributed by atoms with van der Waals surface area (Å²) in [4.78, 5) is 23.5. The van der Waals surface area contributed by atoms with Gasteiger partial charge in [0.25, 0.3) is 0 Å². The molecule has 0 bridgehead atoms. The van der Waals surface area contributed by atoms with Crippen molar-refractivity contribution in [2.45, 2.75) is 25.6 Å². The van der Waals surface area contributed by atoms with Crippen LogP contribution < -0.4 is 21.7 Å². The molecular weight excluding hydrogens is 441 g/mol. The first kappa shape index (κ1) is 20.2. The lowest BCUT2D eigenvalue weighted by Gasteiger charge is -2.08. The number of halogens is 2. The van der Waals surface area contributed by atoms with E-state index in [0.717, 1.165) is 17.4 Å². The van der Waals surface area contributed by atoms with E-state index >= 15 is 0 Å². The Labute approximate surface area is 184 Å². The monoisotopic (exact) mass is 457 g/mol. The molecule has 1 fully saturated rings. The highest BCUT2D eigenvalue weighted by Gasteiger charge is 2.20. The quantitative estimate of drug-likeness (QED) is 0.353. The molecule has 1 saturated carbocycles. The lowest BCUT2D eigenvalue weighted by Crippen LogP contribution is -2.20. The number of imidazole rings is 1. The summed E-state index contributed by atoms with van der Waals surface area (Å²) in [6.07, 6.45) is 4.92. The number of hydrogen-bond acceptors (Lipinski definition) is 7. The number of rotatable bonds is 5. The summed E-state index contributed by atoms with van der Waals surface area (Å²) >= 11 is 5.99. The first-order valence-electron chi connectivity index (χ1n) is 9.72. The van der Waals surface area contributed by atoms with E-state index in [1.165, 1.54) is 35.0 Å². The van der Waals surface area contributed by atoms with E-state index in [0.29, 0.717) is 27.2 Å². The third-order valence-electron chi connectivity index (χ3n) is 4.96. The maximum atomic E-state index is 14.2. The summed E-state index contributed by atoms with van der Waals surface area (Å²) < 4.78 is 16.5. The van der Waals surface area contributed by atoms with E-state index < -0.39 is 24.1 Å². The van der Waals surface area contributed by atoms with Gasteiger partial charge in [-0.1, -0.05) is 11.6 Å². The first-order chi connectivity index (χ1) is 15.4. The van der Waals surface area contributed by atoms with Crippen molar-refractivity contribution in [3.05, 3.63) is 68.2 Å². The van der Waals surface area contributed by atoms with Crippen molar-refractivity contribution in [3.8, 4) is 5.88 Å². The minimum absolute atomic E-state index is 0.0840. The van der Waals surface area contributed by atoms with Crippen LogP contribution in [0.2, 0.25) is 5.02 Å². The Balaban J connectivity index is 1.69. The Morgan fingerprint density at radius 3 is 2.91 bits per heavy atom. The number of aromatic amines is 1. The normalized spacial score (nSPS) is 15.1. The van der Waals surface area contributed by atoms with Gasteiger partial charge in [0.2, 0.25) is 5.88 Å². The van der Waals surface area contributed by atoms with Crippen LogP contribution in [0.4, 0.5) is 15.9 Å². The van der Waals surface area contributed by atoms with Gasteiger partial charge in [0, 0.05) is 16.3 Å². The van der Waals surface area contributed by atoms with E-state index in [-0.39, 0.29) is 17.4 Å². The summed E-state index contributed by atoms with van der Waals surface area (Å²) in [7, 11) is 0. The average molecular weight is 458 g/mol. The highest BCUT2D eigenvalue weighted by molar-refractivity contribution is 6.30. The Hall–Kier alpha value is -3.70. The highest BCUT2D eigenvalue weighted by atomic mass is 35.5. The highest BCUT2D eigenvalue weighted by Crippen LogP contribution is 2.24. The minimum atomic E-state index is -0.675. The largest absolute Gasteiger partial charge is 0.493 e. The van der Waals surface area contributed by atoms with Gasteiger partial charge in [0.05, 0.1) is 17.9 Å². The van der Waals surface area contributed by atoms with E-state index in [1.54, 1.807) is 6.07 Å². The zero-order valence-electron chi connectivity index (χ0n) is 16.5. The molecule has 1 aliphatic carbocycles. The van der Waals surface area contributed by atoms with Crippen molar-refractivity contribution >= 4 is 34.8 Å². The Morgan fingerprint density at radius 1 is 1.38 bits per heavy atom. The molecule has 12 heteroatoms. The molecule has 0 radical (unpaired) electrons. The molecule has 4 aromatic rings. The molecule has 32 heavy (non-hydrogen) atoms. The van der Waals surface area contributed by atoms with Gasteiger partial charge in [-0.15, -0.1) is 0 Å². The van der Waals surface area contributed by atoms with Crippen molar-refractivity contribution in [2.24, 2.45) is 4.99 Å². The van der Waals surface area contributed by atoms with Crippen LogP contribution in [0, 0.1) is 5.82 Å². The molecule has 0 unspecified atom stereocenters. The van der Waals surface area contributed by atoms with E-state index in [9.17, 15) is 19.4 Å².